The van der Waals surface area contributed by atoms with Crippen LogP contribution in [-0.4, -0.2) is 22.6 Å². The molecule has 0 unspecified atom stereocenters. The predicted octanol–water partition coefficient (Wildman–Crippen LogP) is 4.65. The molecule has 0 fully saturated rings. The van der Waals surface area contributed by atoms with E-state index >= 15 is 0 Å². The Morgan fingerprint density at radius 1 is 1.07 bits per heavy atom. The monoisotopic (exact) mass is 407 g/mol. The van der Waals surface area contributed by atoms with E-state index < -0.39 is 29.6 Å². The normalized spacial score (nSPS) is 11.4. The van der Waals surface area contributed by atoms with Gasteiger partial charge in [-0.15, -0.1) is 0 Å². The van der Waals surface area contributed by atoms with Crippen LogP contribution in [0.25, 0.3) is 11.4 Å². The Kier molecular flexibility index (Phi) is 6.26. The Morgan fingerprint density at radius 2 is 1.83 bits per heavy atom. The third-order valence-electron chi connectivity index (χ3n) is 4.16. The van der Waals surface area contributed by atoms with Gasteiger partial charge in [0.1, 0.15) is 5.82 Å². The summed E-state index contributed by atoms with van der Waals surface area (Å²) in [5.41, 5.74) is 0.976. The third kappa shape index (κ3) is 5.40. The van der Waals surface area contributed by atoms with Crippen molar-refractivity contribution < 1.29 is 26.9 Å². The standard InChI is InChI=1S/C20H17F4N3O2/c21-16-12-14(9-10-15(16)17-26-19(29-27-17)20(22,23)24)18(28)25-11-5-4-8-13-6-2-1-3-7-13/h1-3,6-7,9-10,12H,4-5,8,11H2,(H,25,28). The number of carbonyl (C=O) groups excluding carboxylic acids is 1. The number of nitrogens with one attached hydrogen (secondary N) is 1. The van der Waals surface area contributed by atoms with Gasteiger partial charge >= 0.3 is 12.1 Å². The van der Waals surface area contributed by atoms with Gasteiger partial charge in [0.25, 0.3) is 5.91 Å². The van der Waals surface area contributed by atoms with Gasteiger partial charge in [-0.3, -0.25) is 4.79 Å². The number of rotatable bonds is 7. The quantitative estimate of drug-likeness (QED) is 0.457. The summed E-state index contributed by atoms with van der Waals surface area (Å²) in [5.74, 6) is -3.50. The smallest absolute Gasteiger partial charge is 0.352 e. The molecule has 0 saturated carbocycles. The number of hydrogen-bond donors (Lipinski definition) is 1. The molecule has 0 bridgehead atoms. The van der Waals surface area contributed by atoms with Crippen LogP contribution in [0.1, 0.15) is 34.7 Å². The zero-order valence-corrected chi connectivity index (χ0v) is 15.2. The highest BCUT2D eigenvalue weighted by atomic mass is 19.4. The highest BCUT2D eigenvalue weighted by Gasteiger charge is 2.38. The molecule has 0 atom stereocenters. The van der Waals surface area contributed by atoms with Gasteiger partial charge in [0, 0.05) is 12.1 Å². The van der Waals surface area contributed by atoms with E-state index in [-0.39, 0.29) is 11.1 Å². The Balaban J connectivity index is 1.54. The van der Waals surface area contributed by atoms with Crippen molar-refractivity contribution in [2.24, 2.45) is 0 Å². The molecule has 152 valence electrons. The molecule has 0 aliphatic heterocycles. The number of aromatic nitrogens is 2. The van der Waals surface area contributed by atoms with E-state index in [4.69, 9.17) is 0 Å². The summed E-state index contributed by atoms with van der Waals surface area (Å²) in [6.45, 7) is 0.425. The van der Waals surface area contributed by atoms with Crippen LogP contribution in [0, 0.1) is 5.82 Å². The van der Waals surface area contributed by atoms with Crippen LogP contribution in [0.5, 0.6) is 0 Å². The maximum absolute atomic E-state index is 14.2. The number of carbonyl (C=O) groups is 1. The molecular weight excluding hydrogens is 390 g/mol. The van der Waals surface area contributed by atoms with Crippen molar-refractivity contribution in [2.45, 2.75) is 25.4 Å². The Bertz CT molecular complexity index is 971. The lowest BCUT2D eigenvalue weighted by Crippen LogP contribution is -2.24. The highest BCUT2D eigenvalue weighted by molar-refractivity contribution is 5.94. The molecule has 0 aliphatic carbocycles. The molecule has 1 amide bonds. The maximum Gasteiger partial charge on any atom is 0.471 e. The Morgan fingerprint density at radius 3 is 2.48 bits per heavy atom. The van der Waals surface area contributed by atoms with Crippen LogP contribution < -0.4 is 5.32 Å². The van der Waals surface area contributed by atoms with E-state index in [1.807, 2.05) is 30.3 Å². The van der Waals surface area contributed by atoms with Crippen molar-refractivity contribution in [1.82, 2.24) is 15.5 Å². The molecule has 29 heavy (non-hydrogen) atoms. The minimum atomic E-state index is -4.82. The number of benzene rings is 2. The molecule has 1 N–H and O–H groups in total. The van der Waals surface area contributed by atoms with Crippen LogP contribution in [0.2, 0.25) is 0 Å². The number of amides is 1. The summed E-state index contributed by atoms with van der Waals surface area (Å²) in [4.78, 5) is 15.3. The molecule has 5 nitrogen and oxygen atoms in total. The lowest BCUT2D eigenvalue weighted by molar-refractivity contribution is -0.159. The van der Waals surface area contributed by atoms with Gasteiger partial charge in [0.2, 0.25) is 5.82 Å². The van der Waals surface area contributed by atoms with Crippen molar-refractivity contribution in [3.63, 3.8) is 0 Å². The van der Waals surface area contributed by atoms with Gasteiger partial charge in [-0.05, 0) is 43.0 Å². The average Bonchev–Trinajstić information content (AvgIpc) is 3.18. The fourth-order valence-corrected chi connectivity index (χ4v) is 2.69. The summed E-state index contributed by atoms with van der Waals surface area (Å²) in [6.07, 6.45) is -2.28. The summed E-state index contributed by atoms with van der Waals surface area (Å²) in [5, 5.41) is 5.83. The van der Waals surface area contributed by atoms with Crippen LogP contribution in [0.15, 0.2) is 53.1 Å². The second-order valence-corrected chi connectivity index (χ2v) is 6.31. The van der Waals surface area contributed by atoms with E-state index in [0.29, 0.717) is 6.54 Å². The Hall–Kier alpha value is -3.23. The lowest BCUT2D eigenvalue weighted by atomic mass is 10.1. The summed E-state index contributed by atoms with van der Waals surface area (Å²) in [6, 6.07) is 13.3. The van der Waals surface area contributed by atoms with Crippen molar-refractivity contribution in [3.8, 4) is 11.4 Å². The summed E-state index contributed by atoms with van der Waals surface area (Å²) >= 11 is 0. The summed E-state index contributed by atoms with van der Waals surface area (Å²) < 4.78 is 55.9. The molecule has 9 heteroatoms. The van der Waals surface area contributed by atoms with E-state index in [2.05, 4.69) is 20.0 Å². The zero-order chi connectivity index (χ0) is 20.9. The number of nitrogens with zero attached hydrogens (tertiary/aromatic N) is 2. The van der Waals surface area contributed by atoms with E-state index in [1.165, 1.54) is 11.6 Å². The fraction of sp³-hybridized carbons (Fsp3) is 0.250. The van der Waals surface area contributed by atoms with E-state index in [0.717, 1.165) is 31.4 Å². The number of aryl methyl sites for hydroxylation is 1. The first-order valence-corrected chi connectivity index (χ1v) is 8.87. The third-order valence-corrected chi connectivity index (χ3v) is 4.16. The van der Waals surface area contributed by atoms with Crippen molar-refractivity contribution >= 4 is 5.91 Å². The van der Waals surface area contributed by atoms with Crippen LogP contribution in [-0.2, 0) is 12.6 Å². The minimum absolute atomic E-state index is 0.0499. The van der Waals surface area contributed by atoms with Crippen LogP contribution in [0.3, 0.4) is 0 Å². The minimum Gasteiger partial charge on any atom is -0.352 e. The predicted molar refractivity (Wildman–Crippen MR) is 96.4 cm³/mol. The van der Waals surface area contributed by atoms with Crippen LogP contribution in [0.4, 0.5) is 17.6 Å². The first-order chi connectivity index (χ1) is 13.8. The molecule has 1 aromatic heterocycles. The van der Waals surface area contributed by atoms with Crippen LogP contribution >= 0.6 is 0 Å². The molecular formula is C20H17F4N3O2. The van der Waals surface area contributed by atoms with E-state index in [9.17, 15) is 22.4 Å². The maximum atomic E-state index is 14.2. The first kappa shape index (κ1) is 20.5. The van der Waals surface area contributed by atoms with E-state index in [1.54, 1.807) is 0 Å². The molecule has 0 saturated heterocycles. The number of hydrogen-bond acceptors (Lipinski definition) is 4. The largest absolute Gasteiger partial charge is 0.471 e. The number of halogens is 4. The van der Waals surface area contributed by atoms with Gasteiger partial charge in [-0.1, -0.05) is 35.5 Å². The molecule has 2 aromatic carbocycles. The highest BCUT2D eigenvalue weighted by Crippen LogP contribution is 2.30. The van der Waals surface area contributed by atoms with Gasteiger partial charge in [-0.25, -0.2) is 4.39 Å². The fourth-order valence-electron chi connectivity index (χ4n) is 2.69. The molecule has 0 spiro atoms. The topological polar surface area (TPSA) is 68.0 Å². The summed E-state index contributed by atoms with van der Waals surface area (Å²) in [7, 11) is 0. The molecule has 3 aromatic rings. The second-order valence-electron chi connectivity index (χ2n) is 6.31. The Labute approximate surface area is 163 Å². The molecule has 3 rings (SSSR count). The van der Waals surface area contributed by atoms with Gasteiger partial charge < -0.3 is 9.84 Å². The zero-order valence-electron chi connectivity index (χ0n) is 15.2. The van der Waals surface area contributed by atoms with Gasteiger partial charge in [0.15, 0.2) is 0 Å². The second kappa shape index (κ2) is 8.85. The molecule has 0 radical (unpaired) electrons. The average molecular weight is 407 g/mol. The number of unbranched alkanes of at least 4 members (excludes halogenated alkanes) is 1. The van der Waals surface area contributed by atoms with Gasteiger partial charge in [0.05, 0.1) is 5.56 Å². The lowest BCUT2D eigenvalue weighted by Gasteiger charge is -2.07. The van der Waals surface area contributed by atoms with Crippen molar-refractivity contribution in [1.29, 1.82) is 0 Å². The SMILES string of the molecule is O=C(NCCCCc1ccccc1)c1ccc(-c2noc(C(F)(F)F)n2)c(F)c1. The first-order valence-electron chi connectivity index (χ1n) is 8.87. The van der Waals surface area contributed by atoms with Gasteiger partial charge in [-0.2, -0.15) is 18.2 Å². The molecule has 1 heterocycles. The van der Waals surface area contributed by atoms with Crippen molar-refractivity contribution in [2.75, 3.05) is 6.54 Å². The molecule has 0 aliphatic rings. The number of alkyl halides is 3. The van der Waals surface area contributed by atoms with Crippen molar-refractivity contribution in [3.05, 3.63) is 71.4 Å².